The summed E-state index contributed by atoms with van der Waals surface area (Å²) in [4.78, 5) is 25.5. The number of Topliss-reactive ketones (excluding diaryl/α,β-unsaturated/α-hetero) is 1. The SMILES string of the molecule is CC(=O)CC(=O)NCCc1c(C)[nH]c2ccccc12. The van der Waals surface area contributed by atoms with Gasteiger partial charge in [-0.3, -0.25) is 9.59 Å². The highest BCUT2D eigenvalue weighted by atomic mass is 16.2. The van der Waals surface area contributed by atoms with Crippen molar-refractivity contribution in [2.45, 2.75) is 26.7 Å². The van der Waals surface area contributed by atoms with Gasteiger partial charge in [0, 0.05) is 23.1 Å². The zero-order valence-electron chi connectivity index (χ0n) is 11.2. The Balaban J connectivity index is 2.00. The van der Waals surface area contributed by atoms with Gasteiger partial charge in [0.05, 0.1) is 6.42 Å². The number of benzene rings is 1. The minimum atomic E-state index is -0.204. The van der Waals surface area contributed by atoms with Crippen LogP contribution in [0.15, 0.2) is 24.3 Å². The summed E-state index contributed by atoms with van der Waals surface area (Å²) in [6.45, 7) is 4.00. The molecular formula is C15H18N2O2. The maximum atomic E-state index is 11.4. The molecular weight excluding hydrogens is 240 g/mol. The molecule has 4 nitrogen and oxygen atoms in total. The van der Waals surface area contributed by atoms with E-state index in [1.807, 2.05) is 25.1 Å². The number of aromatic amines is 1. The molecule has 19 heavy (non-hydrogen) atoms. The van der Waals surface area contributed by atoms with Crippen LogP contribution < -0.4 is 5.32 Å². The summed E-state index contributed by atoms with van der Waals surface area (Å²) in [6.07, 6.45) is 0.729. The van der Waals surface area contributed by atoms with E-state index in [1.54, 1.807) is 0 Å². The molecule has 2 aromatic rings. The normalized spacial score (nSPS) is 10.6. The van der Waals surface area contributed by atoms with Gasteiger partial charge in [0.15, 0.2) is 0 Å². The maximum absolute atomic E-state index is 11.4. The first-order valence-corrected chi connectivity index (χ1v) is 6.40. The van der Waals surface area contributed by atoms with Gasteiger partial charge in [0.1, 0.15) is 5.78 Å². The summed E-state index contributed by atoms with van der Waals surface area (Å²) in [5.74, 6) is -0.314. The van der Waals surface area contributed by atoms with Crippen molar-refractivity contribution in [1.29, 1.82) is 0 Å². The van der Waals surface area contributed by atoms with E-state index in [2.05, 4.69) is 16.4 Å². The summed E-state index contributed by atoms with van der Waals surface area (Å²) < 4.78 is 0. The molecule has 0 fully saturated rings. The van der Waals surface area contributed by atoms with E-state index in [9.17, 15) is 9.59 Å². The monoisotopic (exact) mass is 258 g/mol. The van der Waals surface area contributed by atoms with E-state index in [0.29, 0.717) is 6.54 Å². The molecule has 0 unspecified atom stereocenters. The van der Waals surface area contributed by atoms with Crippen molar-refractivity contribution in [1.82, 2.24) is 10.3 Å². The molecule has 0 spiro atoms. The minimum Gasteiger partial charge on any atom is -0.358 e. The van der Waals surface area contributed by atoms with Crippen molar-refractivity contribution in [2.24, 2.45) is 0 Å². The van der Waals surface area contributed by atoms with Crippen LogP contribution in [-0.4, -0.2) is 23.2 Å². The van der Waals surface area contributed by atoms with Gasteiger partial charge in [0.2, 0.25) is 5.91 Å². The van der Waals surface area contributed by atoms with E-state index in [-0.39, 0.29) is 18.1 Å². The fourth-order valence-electron chi connectivity index (χ4n) is 2.27. The molecule has 0 aliphatic rings. The Morgan fingerprint density at radius 1 is 1.26 bits per heavy atom. The molecule has 1 heterocycles. The fourth-order valence-corrected chi connectivity index (χ4v) is 2.27. The van der Waals surface area contributed by atoms with Gasteiger partial charge in [-0.2, -0.15) is 0 Å². The molecule has 1 amide bonds. The number of para-hydroxylation sites is 1. The van der Waals surface area contributed by atoms with Crippen molar-refractivity contribution < 1.29 is 9.59 Å². The first-order chi connectivity index (χ1) is 9.08. The minimum absolute atomic E-state index is 0.0349. The lowest BCUT2D eigenvalue weighted by atomic mass is 10.1. The molecule has 0 saturated heterocycles. The van der Waals surface area contributed by atoms with Gasteiger partial charge in [-0.1, -0.05) is 18.2 Å². The molecule has 0 saturated carbocycles. The van der Waals surface area contributed by atoms with Gasteiger partial charge in [-0.05, 0) is 31.9 Å². The van der Waals surface area contributed by atoms with E-state index in [0.717, 1.165) is 17.6 Å². The quantitative estimate of drug-likeness (QED) is 0.807. The van der Waals surface area contributed by atoms with Crippen LogP contribution in [0.3, 0.4) is 0 Å². The molecule has 2 N–H and O–H groups in total. The average molecular weight is 258 g/mol. The molecule has 0 aliphatic carbocycles. The van der Waals surface area contributed by atoms with E-state index in [1.165, 1.54) is 17.9 Å². The van der Waals surface area contributed by atoms with Crippen LogP contribution in [0.2, 0.25) is 0 Å². The van der Waals surface area contributed by atoms with Crippen LogP contribution in [0.5, 0.6) is 0 Å². The summed E-state index contributed by atoms with van der Waals surface area (Å²) >= 11 is 0. The van der Waals surface area contributed by atoms with Crippen molar-refractivity contribution in [3.63, 3.8) is 0 Å². The Bertz CT molecular complexity index is 614. The predicted molar refractivity (Wildman–Crippen MR) is 75.0 cm³/mol. The highest BCUT2D eigenvalue weighted by Gasteiger charge is 2.09. The summed E-state index contributed by atoms with van der Waals surface area (Å²) in [7, 11) is 0. The smallest absolute Gasteiger partial charge is 0.227 e. The number of rotatable bonds is 5. The van der Waals surface area contributed by atoms with Crippen molar-refractivity contribution in [2.75, 3.05) is 6.54 Å². The average Bonchev–Trinajstić information content (AvgIpc) is 2.65. The Hall–Kier alpha value is -2.10. The van der Waals surface area contributed by atoms with Crippen LogP contribution >= 0.6 is 0 Å². The number of amides is 1. The van der Waals surface area contributed by atoms with Crippen LogP contribution in [0, 0.1) is 6.92 Å². The number of fused-ring (bicyclic) bond motifs is 1. The number of aryl methyl sites for hydroxylation is 1. The molecule has 0 radical (unpaired) electrons. The van der Waals surface area contributed by atoms with Crippen LogP contribution in [-0.2, 0) is 16.0 Å². The second-order valence-electron chi connectivity index (χ2n) is 4.75. The van der Waals surface area contributed by atoms with Gasteiger partial charge < -0.3 is 10.3 Å². The fraction of sp³-hybridized carbons (Fsp3) is 0.333. The van der Waals surface area contributed by atoms with Crippen molar-refractivity contribution in [3.05, 3.63) is 35.5 Å². The topological polar surface area (TPSA) is 62.0 Å². The zero-order valence-corrected chi connectivity index (χ0v) is 11.2. The third-order valence-corrected chi connectivity index (χ3v) is 3.13. The van der Waals surface area contributed by atoms with Crippen LogP contribution in [0.1, 0.15) is 24.6 Å². The molecule has 1 aromatic heterocycles. The molecule has 1 aromatic carbocycles. The first-order valence-electron chi connectivity index (χ1n) is 6.40. The summed E-state index contributed by atoms with van der Waals surface area (Å²) in [5.41, 5.74) is 3.46. The number of aromatic nitrogens is 1. The number of carbonyl (C=O) groups excluding carboxylic acids is 2. The van der Waals surface area contributed by atoms with Crippen LogP contribution in [0.25, 0.3) is 10.9 Å². The van der Waals surface area contributed by atoms with Gasteiger partial charge in [-0.25, -0.2) is 0 Å². The van der Waals surface area contributed by atoms with Gasteiger partial charge >= 0.3 is 0 Å². The molecule has 0 aliphatic heterocycles. The van der Waals surface area contributed by atoms with E-state index < -0.39 is 0 Å². The van der Waals surface area contributed by atoms with Gasteiger partial charge in [-0.15, -0.1) is 0 Å². The lowest BCUT2D eigenvalue weighted by Gasteiger charge is -2.04. The van der Waals surface area contributed by atoms with Gasteiger partial charge in [0.25, 0.3) is 0 Å². The number of hydrogen-bond donors (Lipinski definition) is 2. The van der Waals surface area contributed by atoms with Crippen LogP contribution in [0.4, 0.5) is 0 Å². The lowest BCUT2D eigenvalue weighted by molar-refractivity contribution is -0.127. The number of H-pyrrole nitrogens is 1. The highest BCUT2D eigenvalue weighted by molar-refractivity contribution is 5.96. The Morgan fingerprint density at radius 3 is 2.74 bits per heavy atom. The lowest BCUT2D eigenvalue weighted by Crippen LogP contribution is -2.27. The Kier molecular flexibility index (Phi) is 4.00. The Morgan fingerprint density at radius 2 is 2.00 bits per heavy atom. The summed E-state index contributed by atoms with van der Waals surface area (Å²) in [6, 6.07) is 8.12. The van der Waals surface area contributed by atoms with E-state index in [4.69, 9.17) is 0 Å². The molecule has 0 atom stereocenters. The second-order valence-corrected chi connectivity index (χ2v) is 4.75. The predicted octanol–water partition coefficient (Wildman–Crippen LogP) is 2.11. The second kappa shape index (κ2) is 5.69. The molecule has 2 rings (SSSR count). The molecule has 0 bridgehead atoms. The third-order valence-electron chi connectivity index (χ3n) is 3.13. The third kappa shape index (κ3) is 3.22. The van der Waals surface area contributed by atoms with E-state index >= 15 is 0 Å². The van der Waals surface area contributed by atoms with Crippen molar-refractivity contribution >= 4 is 22.6 Å². The van der Waals surface area contributed by atoms with Crippen molar-refractivity contribution in [3.8, 4) is 0 Å². The molecule has 100 valence electrons. The summed E-state index contributed by atoms with van der Waals surface area (Å²) in [5, 5.41) is 3.97. The Labute approximate surface area is 112 Å². The zero-order chi connectivity index (χ0) is 13.8. The maximum Gasteiger partial charge on any atom is 0.227 e. The highest BCUT2D eigenvalue weighted by Crippen LogP contribution is 2.21. The first kappa shape index (κ1) is 13.3. The standard InChI is InChI=1S/C15H18N2O2/c1-10(18)9-15(19)16-8-7-12-11(2)17-14-6-4-3-5-13(12)14/h3-6,17H,7-9H2,1-2H3,(H,16,19). The molecule has 4 heteroatoms. The number of hydrogen-bond acceptors (Lipinski definition) is 2. The number of nitrogens with one attached hydrogen (secondary N) is 2. The number of ketones is 1. The number of carbonyl (C=O) groups is 2. The largest absolute Gasteiger partial charge is 0.358 e.